The summed E-state index contributed by atoms with van der Waals surface area (Å²) in [6, 6.07) is 5.21. The predicted molar refractivity (Wildman–Crippen MR) is 58.7 cm³/mol. The van der Waals surface area contributed by atoms with Crippen molar-refractivity contribution in [3.05, 3.63) is 46.5 Å². The first kappa shape index (κ1) is 8.84. The van der Waals surface area contributed by atoms with Crippen molar-refractivity contribution in [1.29, 1.82) is 0 Å². The monoisotopic (exact) mass is 213 g/mol. The zero-order valence-electron chi connectivity index (χ0n) is 8.18. The second-order valence-corrected chi connectivity index (χ2v) is 3.56. The summed E-state index contributed by atoms with van der Waals surface area (Å²) in [6.45, 7) is 0. The number of primary amides is 1. The van der Waals surface area contributed by atoms with Crippen molar-refractivity contribution < 1.29 is 4.79 Å². The quantitative estimate of drug-likeness (QED) is 0.635. The fourth-order valence-electron chi connectivity index (χ4n) is 1.89. The van der Waals surface area contributed by atoms with Gasteiger partial charge in [0.15, 0.2) is 0 Å². The van der Waals surface area contributed by atoms with Crippen molar-refractivity contribution in [2.24, 2.45) is 5.73 Å². The van der Waals surface area contributed by atoms with Crippen molar-refractivity contribution in [2.75, 3.05) is 0 Å². The molecule has 0 bridgehead atoms. The SMILES string of the molecule is NC(=O)c1cn2cnc3cccc(c1=O)c32. The van der Waals surface area contributed by atoms with Gasteiger partial charge in [-0.2, -0.15) is 0 Å². The van der Waals surface area contributed by atoms with Crippen LogP contribution < -0.4 is 11.2 Å². The van der Waals surface area contributed by atoms with Gasteiger partial charge in [0.25, 0.3) is 5.91 Å². The van der Waals surface area contributed by atoms with Gasteiger partial charge in [0.05, 0.1) is 17.4 Å². The van der Waals surface area contributed by atoms with Crippen LogP contribution in [0.5, 0.6) is 0 Å². The van der Waals surface area contributed by atoms with Crippen molar-refractivity contribution in [3.8, 4) is 0 Å². The summed E-state index contributed by atoms with van der Waals surface area (Å²) in [6.07, 6.45) is 2.98. The molecule has 78 valence electrons. The average molecular weight is 213 g/mol. The summed E-state index contributed by atoms with van der Waals surface area (Å²) in [5, 5.41) is 0.464. The maximum atomic E-state index is 11.9. The predicted octanol–water partition coefficient (Wildman–Crippen LogP) is 0.384. The Kier molecular flexibility index (Phi) is 1.54. The Hall–Kier alpha value is -2.43. The van der Waals surface area contributed by atoms with Crippen molar-refractivity contribution in [3.63, 3.8) is 0 Å². The number of rotatable bonds is 1. The van der Waals surface area contributed by atoms with E-state index in [0.717, 1.165) is 11.0 Å². The summed E-state index contributed by atoms with van der Waals surface area (Å²) in [5.74, 6) is -0.721. The zero-order valence-corrected chi connectivity index (χ0v) is 8.18. The van der Waals surface area contributed by atoms with E-state index in [2.05, 4.69) is 4.98 Å². The first-order chi connectivity index (χ1) is 7.68. The van der Waals surface area contributed by atoms with Gasteiger partial charge in [-0.3, -0.25) is 9.59 Å². The van der Waals surface area contributed by atoms with E-state index >= 15 is 0 Å². The Morgan fingerprint density at radius 2 is 2.19 bits per heavy atom. The lowest BCUT2D eigenvalue weighted by Crippen LogP contribution is -2.22. The molecule has 0 saturated heterocycles. The number of pyridine rings is 1. The number of imidazole rings is 1. The number of hydrogen-bond acceptors (Lipinski definition) is 3. The molecule has 0 unspecified atom stereocenters. The minimum absolute atomic E-state index is 0.0157. The topological polar surface area (TPSA) is 77.5 Å². The normalized spacial score (nSPS) is 11.2. The summed E-state index contributed by atoms with van der Waals surface area (Å²) < 4.78 is 1.64. The summed E-state index contributed by atoms with van der Waals surface area (Å²) in [7, 11) is 0. The van der Waals surface area contributed by atoms with E-state index in [0.29, 0.717) is 5.39 Å². The molecule has 2 aromatic heterocycles. The van der Waals surface area contributed by atoms with Crippen LogP contribution in [0, 0.1) is 0 Å². The van der Waals surface area contributed by atoms with Gasteiger partial charge in [-0.1, -0.05) is 6.07 Å². The van der Waals surface area contributed by atoms with Crippen LogP contribution in [0.25, 0.3) is 16.4 Å². The molecular formula is C11H7N3O2. The number of benzene rings is 1. The number of carbonyl (C=O) groups is 1. The number of para-hydroxylation sites is 1. The van der Waals surface area contributed by atoms with Gasteiger partial charge >= 0.3 is 0 Å². The van der Waals surface area contributed by atoms with E-state index in [4.69, 9.17) is 5.73 Å². The third-order valence-electron chi connectivity index (χ3n) is 2.62. The fourth-order valence-corrected chi connectivity index (χ4v) is 1.89. The highest BCUT2D eigenvalue weighted by molar-refractivity contribution is 6.00. The van der Waals surface area contributed by atoms with E-state index in [1.54, 1.807) is 22.9 Å². The largest absolute Gasteiger partial charge is 0.365 e. The fraction of sp³-hybridized carbons (Fsp3) is 0. The Labute approximate surface area is 89.5 Å². The second kappa shape index (κ2) is 2.79. The molecule has 0 spiro atoms. The molecule has 0 aliphatic heterocycles. The maximum Gasteiger partial charge on any atom is 0.254 e. The first-order valence-electron chi connectivity index (χ1n) is 4.70. The van der Waals surface area contributed by atoms with Crippen LogP contribution in [-0.4, -0.2) is 15.3 Å². The van der Waals surface area contributed by atoms with Crippen LogP contribution in [0.3, 0.4) is 0 Å². The average Bonchev–Trinajstić information content (AvgIpc) is 2.67. The first-order valence-corrected chi connectivity index (χ1v) is 4.70. The van der Waals surface area contributed by atoms with Crippen LogP contribution in [0.2, 0.25) is 0 Å². The van der Waals surface area contributed by atoms with Crippen LogP contribution in [0.15, 0.2) is 35.5 Å². The van der Waals surface area contributed by atoms with Crippen LogP contribution in [0.1, 0.15) is 10.4 Å². The Morgan fingerprint density at radius 3 is 2.94 bits per heavy atom. The number of hydrogen-bond donors (Lipinski definition) is 1. The molecule has 0 atom stereocenters. The van der Waals surface area contributed by atoms with Gasteiger partial charge in [0.2, 0.25) is 5.43 Å². The van der Waals surface area contributed by atoms with Gasteiger partial charge in [-0.05, 0) is 12.1 Å². The third-order valence-corrected chi connectivity index (χ3v) is 2.62. The number of amides is 1. The van der Waals surface area contributed by atoms with Crippen LogP contribution in [0.4, 0.5) is 0 Å². The molecule has 0 radical (unpaired) electrons. The Balaban J connectivity index is 2.65. The minimum atomic E-state index is -0.721. The molecule has 2 heterocycles. The van der Waals surface area contributed by atoms with Gasteiger partial charge < -0.3 is 10.1 Å². The van der Waals surface area contributed by atoms with E-state index in [1.807, 2.05) is 6.07 Å². The van der Waals surface area contributed by atoms with Gasteiger partial charge in [0, 0.05) is 11.6 Å². The summed E-state index contributed by atoms with van der Waals surface area (Å²) in [5.41, 5.74) is 6.24. The third kappa shape index (κ3) is 0.967. The number of nitrogens with zero attached hydrogens (tertiary/aromatic N) is 2. The van der Waals surface area contributed by atoms with Crippen molar-refractivity contribution in [2.45, 2.75) is 0 Å². The molecule has 3 rings (SSSR count). The van der Waals surface area contributed by atoms with Gasteiger partial charge in [-0.15, -0.1) is 0 Å². The second-order valence-electron chi connectivity index (χ2n) is 3.56. The highest BCUT2D eigenvalue weighted by atomic mass is 16.2. The highest BCUT2D eigenvalue weighted by Gasteiger charge is 2.13. The van der Waals surface area contributed by atoms with Gasteiger partial charge in [0.1, 0.15) is 5.56 Å². The molecule has 16 heavy (non-hydrogen) atoms. The van der Waals surface area contributed by atoms with Crippen LogP contribution >= 0.6 is 0 Å². The molecular weight excluding hydrogens is 206 g/mol. The van der Waals surface area contributed by atoms with Crippen molar-refractivity contribution in [1.82, 2.24) is 9.38 Å². The Bertz CT molecular complexity index is 760. The highest BCUT2D eigenvalue weighted by Crippen LogP contribution is 2.17. The number of carbonyl (C=O) groups excluding carboxylic acids is 1. The smallest absolute Gasteiger partial charge is 0.254 e. The van der Waals surface area contributed by atoms with Crippen LogP contribution in [-0.2, 0) is 0 Å². The molecule has 0 fully saturated rings. The molecule has 5 heteroatoms. The molecule has 5 nitrogen and oxygen atoms in total. The molecule has 0 saturated carbocycles. The van der Waals surface area contributed by atoms with Gasteiger partial charge in [-0.25, -0.2) is 4.98 Å². The summed E-state index contributed by atoms with van der Waals surface area (Å²) >= 11 is 0. The molecule has 1 aromatic carbocycles. The molecule has 0 aliphatic carbocycles. The summed E-state index contributed by atoms with van der Waals surface area (Å²) in [4.78, 5) is 27.2. The number of aromatic nitrogens is 2. The maximum absolute atomic E-state index is 11.9. The molecule has 2 N–H and O–H groups in total. The van der Waals surface area contributed by atoms with E-state index in [9.17, 15) is 9.59 Å². The molecule has 3 aromatic rings. The molecule has 0 aliphatic rings. The van der Waals surface area contributed by atoms with Crippen molar-refractivity contribution >= 4 is 22.3 Å². The molecule has 1 amide bonds. The lowest BCUT2D eigenvalue weighted by Gasteiger charge is -2.01. The standard InChI is InChI=1S/C11H7N3O2/c12-11(16)7-4-14-5-13-8-3-1-2-6(9(8)14)10(7)15/h1-5H,(H2,12,16). The minimum Gasteiger partial charge on any atom is -0.365 e. The van der Waals surface area contributed by atoms with E-state index in [1.165, 1.54) is 6.20 Å². The Morgan fingerprint density at radius 1 is 1.38 bits per heavy atom. The van der Waals surface area contributed by atoms with E-state index in [-0.39, 0.29) is 11.0 Å². The van der Waals surface area contributed by atoms with E-state index < -0.39 is 5.91 Å². The lowest BCUT2D eigenvalue weighted by atomic mass is 10.1. The number of nitrogens with two attached hydrogens (primary N) is 1. The lowest BCUT2D eigenvalue weighted by molar-refractivity contribution is 0.0999. The zero-order chi connectivity index (χ0) is 11.3.